The maximum atomic E-state index is 11.6. The van der Waals surface area contributed by atoms with Crippen molar-refractivity contribution in [3.05, 3.63) is 27.2 Å². The number of rotatable bonds is 11. The molecule has 0 spiro atoms. The summed E-state index contributed by atoms with van der Waals surface area (Å²) < 4.78 is 15.9. The molecule has 23 heavy (non-hydrogen) atoms. The van der Waals surface area contributed by atoms with Crippen molar-refractivity contribution in [1.29, 1.82) is 0 Å². The average Bonchev–Trinajstić information content (AvgIpc) is 2.51. The van der Waals surface area contributed by atoms with Gasteiger partial charge in [-0.15, -0.1) is 0 Å². The summed E-state index contributed by atoms with van der Waals surface area (Å²) in [5, 5.41) is 1.04. The van der Waals surface area contributed by atoms with E-state index in [4.69, 9.17) is 49.0 Å². The van der Waals surface area contributed by atoms with E-state index < -0.39 is 0 Å². The van der Waals surface area contributed by atoms with Gasteiger partial charge in [-0.3, -0.25) is 4.79 Å². The normalized spacial score (nSPS) is 10.6. The van der Waals surface area contributed by atoms with Gasteiger partial charge in [-0.25, -0.2) is 0 Å². The minimum absolute atomic E-state index is 0.132. The molecule has 1 aromatic carbocycles. The lowest BCUT2D eigenvalue weighted by atomic mass is 10.3. The summed E-state index contributed by atoms with van der Waals surface area (Å²) in [5.41, 5.74) is 0. The van der Waals surface area contributed by atoms with Gasteiger partial charge >= 0.3 is 5.97 Å². The first-order valence-corrected chi connectivity index (χ1v) is 8.68. The lowest BCUT2D eigenvalue weighted by Crippen LogP contribution is -2.12. The van der Waals surface area contributed by atoms with Crippen LogP contribution in [0.1, 0.15) is 32.6 Å². The molecule has 0 aliphatic rings. The quantitative estimate of drug-likeness (QED) is 0.300. The number of halogens is 3. The van der Waals surface area contributed by atoms with Crippen LogP contribution in [0.15, 0.2) is 12.1 Å². The van der Waals surface area contributed by atoms with E-state index in [1.165, 1.54) is 12.1 Å². The third-order valence-corrected chi connectivity index (χ3v) is 3.89. The lowest BCUT2D eigenvalue weighted by molar-refractivity contribution is -0.144. The summed E-state index contributed by atoms with van der Waals surface area (Å²) in [6.07, 6.45) is 2.98. The number of ether oxygens (including phenoxy) is 3. The predicted molar refractivity (Wildman–Crippen MR) is 92.9 cm³/mol. The second kappa shape index (κ2) is 11.8. The monoisotopic (exact) mass is 382 g/mol. The highest BCUT2D eigenvalue weighted by Gasteiger charge is 2.09. The Bertz CT molecular complexity index is 494. The molecule has 1 rings (SSSR count). The lowest BCUT2D eigenvalue weighted by Gasteiger charge is -2.09. The summed E-state index contributed by atoms with van der Waals surface area (Å²) in [4.78, 5) is 11.6. The molecule has 0 heterocycles. The van der Waals surface area contributed by atoms with Gasteiger partial charge in [0, 0.05) is 25.7 Å². The fourth-order valence-electron chi connectivity index (χ4n) is 1.63. The van der Waals surface area contributed by atoms with Crippen molar-refractivity contribution in [2.75, 3.05) is 26.4 Å². The van der Waals surface area contributed by atoms with E-state index in [0.717, 1.165) is 19.4 Å². The van der Waals surface area contributed by atoms with Crippen LogP contribution in [-0.4, -0.2) is 32.4 Å². The van der Waals surface area contributed by atoms with Crippen molar-refractivity contribution in [3.8, 4) is 5.75 Å². The first-order chi connectivity index (χ1) is 11.0. The standard InChI is InChI=1S/C16H21Cl3O4/c1-2-3-6-21-7-4-8-23-16(20)5-9-22-15-11-13(18)12(17)10-14(15)19/h10-11H,2-9H2,1H3. The zero-order valence-corrected chi connectivity index (χ0v) is 15.3. The highest BCUT2D eigenvalue weighted by molar-refractivity contribution is 6.43. The van der Waals surface area contributed by atoms with Crippen LogP contribution in [-0.2, 0) is 14.3 Å². The fraction of sp³-hybridized carbons (Fsp3) is 0.562. The highest BCUT2D eigenvalue weighted by Crippen LogP contribution is 2.33. The van der Waals surface area contributed by atoms with Crippen LogP contribution in [0, 0.1) is 0 Å². The Morgan fingerprint density at radius 2 is 1.65 bits per heavy atom. The molecule has 0 aliphatic heterocycles. The maximum absolute atomic E-state index is 11.6. The van der Waals surface area contributed by atoms with Crippen molar-refractivity contribution in [1.82, 2.24) is 0 Å². The number of unbranched alkanes of at least 4 members (excludes halogenated alkanes) is 1. The molecular weight excluding hydrogens is 363 g/mol. The van der Waals surface area contributed by atoms with Crippen LogP contribution in [0.5, 0.6) is 5.75 Å². The summed E-state index contributed by atoms with van der Waals surface area (Å²) in [5.74, 6) is 0.0629. The first kappa shape index (κ1) is 20.4. The van der Waals surface area contributed by atoms with Gasteiger partial charge in [0.05, 0.1) is 34.7 Å². The molecule has 0 aromatic heterocycles. The van der Waals surface area contributed by atoms with Gasteiger partial charge in [0.1, 0.15) is 5.75 Å². The minimum Gasteiger partial charge on any atom is -0.491 e. The molecule has 0 bridgehead atoms. The Morgan fingerprint density at radius 3 is 2.39 bits per heavy atom. The number of benzene rings is 1. The van der Waals surface area contributed by atoms with Gasteiger partial charge in [0.25, 0.3) is 0 Å². The Kier molecular flexibility index (Phi) is 10.4. The van der Waals surface area contributed by atoms with Gasteiger partial charge in [0.15, 0.2) is 0 Å². The summed E-state index contributed by atoms with van der Waals surface area (Å²) >= 11 is 17.7. The van der Waals surface area contributed by atoms with Crippen molar-refractivity contribution >= 4 is 40.8 Å². The molecule has 0 saturated carbocycles. The van der Waals surface area contributed by atoms with Crippen LogP contribution < -0.4 is 4.74 Å². The van der Waals surface area contributed by atoms with E-state index in [1.807, 2.05) is 0 Å². The van der Waals surface area contributed by atoms with Crippen molar-refractivity contribution < 1.29 is 19.0 Å². The molecule has 0 fully saturated rings. The van der Waals surface area contributed by atoms with E-state index in [-0.39, 0.29) is 19.0 Å². The van der Waals surface area contributed by atoms with Gasteiger partial charge in [-0.2, -0.15) is 0 Å². The van der Waals surface area contributed by atoms with E-state index >= 15 is 0 Å². The van der Waals surface area contributed by atoms with Crippen molar-refractivity contribution in [2.24, 2.45) is 0 Å². The number of carbonyl (C=O) groups excluding carboxylic acids is 1. The Hall–Kier alpha value is -0.680. The predicted octanol–water partition coefficient (Wildman–Crippen LogP) is 5.17. The first-order valence-electron chi connectivity index (χ1n) is 7.55. The molecule has 0 atom stereocenters. The van der Waals surface area contributed by atoms with Crippen molar-refractivity contribution in [3.63, 3.8) is 0 Å². The molecule has 130 valence electrons. The summed E-state index contributed by atoms with van der Waals surface area (Å²) in [6, 6.07) is 3.02. The van der Waals surface area contributed by atoms with Gasteiger partial charge in [0.2, 0.25) is 0 Å². The zero-order valence-electron chi connectivity index (χ0n) is 13.1. The summed E-state index contributed by atoms with van der Waals surface area (Å²) in [7, 11) is 0. The Morgan fingerprint density at radius 1 is 0.957 bits per heavy atom. The topological polar surface area (TPSA) is 44.8 Å². The van der Waals surface area contributed by atoms with Crippen LogP contribution >= 0.6 is 34.8 Å². The molecule has 0 unspecified atom stereocenters. The SMILES string of the molecule is CCCCOCCCOC(=O)CCOc1cc(Cl)c(Cl)cc1Cl. The second-order valence-electron chi connectivity index (χ2n) is 4.84. The van der Waals surface area contributed by atoms with Crippen LogP contribution in [0.2, 0.25) is 15.1 Å². The third kappa shape index (κ3) is 8.66. The van der Waals surface area contributed by atoms with Crippen LogP contribution in [0.4, 0.5) is 0 Å². The van der Waals surface area contributed by atoms with E-state index in [9.17, 15) is 4.79 Å². The number of hydrogen-bond acceptors (Lipinski definition) is 4. The molecular formula is C16H21Cl3O4. The van der Waals surface area contributed by atoms with Crippen LogP contribution in [0.3, 0.4) is 0 Å². The number of esters is 1. The second-order valence-corrected chi connectivity index (χ2v) is 6.06. The number of hydrogen-bond donors (Lipinski definition) is 0. The number of carbonyl (C=O) groups is 1. The van der Waals surface area contributed by atoms with E-state index in [0.29, 0.717) is 40.5 Å². The minimum atomic E-state index is -0.324. The summed E-state index contributed by atoms with van der Waals surface area (Å²) in [6.45, 7) is 3.96. The Labute approximate surface area is 151 Å². The third-order valence-electron chi connectivity index (χ3n) is 2.88. The zero-order chi connectivity index (χ0) is 17.1. The van der Waals surface area contributed by atoms with Gasteiger partial charge in [-0.05, 0) is 12.5 Å². The molecule has 7 heteroatoms. The smallest absolute Gasteiger partial charge is 0.309 e. The molecule has 0 amide bonds. The molecule has 0 aliphatic carbocycles. The average molecular weight is 384 g/mol. The Balaban J connectivity index is 2.13. The van der Waals surface area contributed by atoms with E-state index in [2.05, 4.69) is 6.92 Å². The molecule has 1 aromatic rings. The largest absolute Gasteiger partial charge is 0.491 e. The highest BCUT2D eigenvalue weighted by atomic mass is 35.5. The van der Waals surface area contributed by atoms with Crippen LogP contribution in [0.25, 0.3) is 0 Å². The maximum Gasteiger partial charge on any atom is 0.309 e. The van der Waals surface area contributed by atoms with Crippen molar-refractivity contribution in [2.45, 2.75) is 32.6 Å². The van der Waals surface area contributed by atoms with Gasteiger partial charge in [-0.1, -0.05) is 48.1 Å². The van der Waals surface area contributed by atoms with E-state index in [1.54, 1.807) is 0 Å². The molecule has 0 saturated heterocycles. The molecule has 0 radical (unpaired) electrons. The fourth-order valence-corrected chi connectivity index (χ4v) is 2.22. The van der Waals surface area contributed by atoms with Gasteiger partial charge < -0.3 is 14.2 Å². The molecule has 4 nitrogen and oxygen atoms in total. The molecule has 0 N–H and O–H groups in total.